The molecule has 0 unspecified atom stereocenters. The third-order valence-corrected chi connectivity index (χ3v) is 8.50. The van der Waals surface area contributed by atoms with Gasteiger partial charge < -0.3 is 10.1 Å². The number of halogens is 1. The van der Waals surface area contributed by atoms with E-state index in [1.54, 1.807) is 6.07 Å². The van der Waals surface area contributed by atoms with Crippen LogP contribution in [0.2, 0.25) is 0 Å². The van der Waals surface area contributed by atoms with E-state index in [1.165, 1.54) is 34.9 Å². The smallest absolute Gasteiger partial charge is 0.341 e. The standard InChI is InChI=1S/C22H21FN2O5S2/c1-30-22(27)19-17-4-2-3-5-18(17)31-21(19)24-20(26)14-10-12-25(13-11-14)32(28,29)16-8-6-15(23)7-9-16/h2-9,14H,10-13H2,1H3,(H,24,26). The number of thiophene rings is 1. The Morgan fingerprint density at radius 1 is 1.09 bits per heavy atom. The molecule has 0 bridgehead atoms. The van der Waals surface area contributed by atoms with Crippen molar-refractivity contribution >= 4 is 48.3 Å². The number of rotatable bonds is 5. The number of carbonyl (C=O) groups excluding carboxylic acids is 2. The number of esters is 1. The van der Waals surface area contributed by atoms with E-state index < -0.39 is 27.7 Å². The van der Waals surface area contributed by atoms with Crippen LogP contribution >= 0.6 is 11.3 Å². The van der Waals surface area contributed by atoms with Crippen LogP contribution < -0.4 is 5.32 Å². The van der Waals surface area contributed by atoms with Gasteiger partial charge in [0.25, 0.3) is 0 Å². The molecule has 3 aromatic rings. The number of fused-ring (bicyclic) bond motifs is 1. The first-order valence-electron chi connectivity index (χ1n) is 9.97. The van der Waals surface area contributed by atoms with Crippen LogP contribution in [0.5, 0.6) is 0 Å². The lowest BCUT2D eigenvalue weighted by Gasteiger charge is -2.30. The topological polar surface area (TPSA) is 92.8 Å². The van der Waals surface area contributed by atoms with Gasteiger partial charge in [-0.25, -0.2) is 17.6 Å². The van der Waals surface area contributed by atoms with Crippen LogP contribution in [0.15, 0.2) is 53.4 Å². The lowest BCUT2D eigenvalue weighted by Crippen LogP contribution is -2.41. The van der Waals surface area contributed by atoms with Gasteiger partial charge in [0.2, 0.25) is 15.9 Å². The lowest BCUT2D eigenvalue weighted by molar-refractivity contribution is -0.120. The summed E-state index contributed by atoms with van der Waals surface area (Å²) in [6.45, 7) is 0.349. The van der Waals surface area contributed by atoms with Gasteiger partial charge in [0.05, 0.1) is 12.0 Å². The van der Waals surface area contributed by atoms with E-state index in [9.17, 15) is 22.4 Å². The highest BCUT2D eigenvalue weighted by Crippen LogP contribution is 2.37. The average molecular weight is 477 g/mol. The number of carbonyl (C=O) groups is 2. The number of methoxy groups -OCH3 is 1. The van der Waals surface area contributed by atoms with Gasteiger partial charge in [0.1, 0.15) is 16.4 Å². The predicted molar refractivity (Wildman–Crippen MR) is 120 cm³/mol. The first-order valence-corrected chi connectivity index (χ1v) is 12.2. The third-order valence-electron chi connectivity index (χ3n) is 5.50. The number of hydrogen-bond acceptors (Lipinski definition) is 6. The Bertz CT molecular complexity index is 1260. The van der Waals surface area contributed by atoms with Gasteiger partial charge in [-0.3, -0.25) is 4.79 Å². The molecule has 0 spiro atoms. The maximum atomic E-state index is 13.1. The summed E-state index contributed by atoms with van der Waals surface area (Å²) in [5.41, 5.74) is 0.317. The molecule has 2 heterocycles. The molecule has 1 saturated heterocycles. The van der Waals surface area contributed by atoms with Crippen molar-refractivity contribution in [1.29, 1.82) is 0 Å². The Morgan fingerprint density at radius 3 is 2.41 bits per heavy atom. The number of anilines is 1. The number of nitrogens with zero attached hydrogens (tertiary/aromatic N) is 1. The second kappa shape index (κ2) is 8.97. The lowest BCUT2D eigenvalue weighted by atomic mass is 9.97. The van der Waals surface area contributed by atoms with Crippen molar-refractivity contribution < 1.29 is 27.1 Å². The van der Waals surface area contributed by atoms with Gasteiger partial charge in [-0.1, -0.05) is 18.2 Å². The second-order valence-electron chi connectivity index (χ2n) is 7.42. The largest absolute Gasteiger partial charge is 0.465 e. The highest BCUT2D eigenvalue weighted by molar-refractivity contribution is 7.89. The van der Waals surface area contributed by atoms with Crippen LogP contribution in [0.4, 0.5) is 9.39 Å². The second-order valence-corrected chi connectivity index (χ2v) is 10.4. The fraction of sp³-hybridized carbons (Fsp3) is 0.273. The highest BCUT2D eigenvalue weighted by Gasteiger charge is 2.33. The molecule has 1 N–H and O–H groups in total. The van der Waals surface area contributed by atoms with Gasteiger partial charge >= 0.3 is 5.97 Å². The molecular formula is C22H21FN2O5S2. The number of benzene rings is 2. The van der Waals surface area contributed by atoms with E-state index in [1.807, 2.05) is 18.2 Å². The maximum Gasteiger partial charge on any atom is 0.341 e. The van der Waals surface area contributed by atoms with Gasteiger partial charge in [-0.2, -0.15) is 4.31 Å². The van der Waals surface area contributed by atoms with Crippen molar-refractivity contribution in [2.75, 3.05) is 25.5 Å². The van der Waals surface area contributed by atoms with Crippen LogP contribution in [0.25, 0.3) is 10.1 Å². The molecule has 2 aromatic carbocycles. The number of ether oxygens (including phenoxy) is 1. The van der Waals surface area contributed by atoms with Crippen molar-refractivity contribution in [3.05, 3.63) is 59.9 Å². The Kier molecular flexibility index (Phi) is 6.27. The maximum absolute atomic E-state index is 13.1. The van der Waals surface area contributed by atoms with Crippen LogP contribution in [0.3, 0.4) is 0 Å². The van der Waals surface area contributed by atoms with Crippen LogP contribution in [0, 0.1) is 11.7 Å². The summed E-state index contributed by atoms with van der Waals surface area (Å²) in [7, 11) is -2.46. The Morgan fingerprint density at radius 2 is 1.75 bits per heavy atom. The molecular weight excluding hydrogens is 455 g/mol. The summed E-state index contributed by atoms with van der Waals surface area (Å²) < 4.78 is 45.7. The summed E-state index contributed by atoms with van der Waals surface area (Å²) >= 11 is 1.29. The third kappa shape index (κ3) is 4.25. The number of hydrogen-bond donors (Lipinski definition) is 1. The fourth-order valence-electron chi connectivity index (χ4n) is 3.77. The molecule has 1 fully saturated rings. The minimum atomic E-state index is -3.75. The molecule has 10 heteroatoms. The summed E-state index contributed by atoms with van der Waals surface area (Å²) in [4.78, 5) is 25.2. The van der Waals surface area contributed by atoms with Crippen LogP contribution in [-0.4, -0.2) is 44.8 Å². The number of nitrogens with one attached hydrogen (secondary N) is 1. The summed E-state index contributed by atoms with van der Waals surface area (Å²) in [6, 6.07) is 12.0. The summed E-state index contributed by atoms with van der Waals surface area (Å²) in [5.74, 6) is -1.70. The zero-order valence-corrected chi connectivity index (χ0v) is 18.8. The van der Waals surface area contributed by atoms with Gasteiger partial charge in [0.15, 0.2) is 0 Å². The summed E-state index contributed by atoms with van der Waals surface area (Å²) in [6.07, 6.45) is 0.676. The SMILES string of the molecule is COC(=O)c1c(NC(=O)C2CCN(S(=O)(=O)c3ccc(F)cc3)CC2)sc2ccccc12. The molecule has 7 nitrogen and oxygen atoms in total. The molecule has 168 valence electrons. The number of sulfonamides is 1. The zero-order chi connectivity index (χ0) is 22.9. The van der Waals surface area contributed by atoms with Crippen LogP contribution in [-0.2, 0) is 19.6 Å². The molecule has 0 saturated carbocycles. The van der Waals surface area contributed by atoms with Gasteiger partial charge in [-0.05, 0) is 43.2 Å². The molecule has 0 radical (unpaired) electrons. The van der Waals surface area contributed by atoms with Gasteiger partial charge in [0, 0.05) is 29.1 Å². The molecule has 32 heavy (non-hydrogen) atoms. The van der Waals surface area contributed by atoms with Crippen molar-refractivity contribution in [3.8, 4) is 0 Å². The van der Waals surface area contributed by atoms with Crippen molar-refractivity contribution in [2.45, 2.75) is 17.7 Å². The summed E-state index contributed by atoms with van der Waals surface area (Å²) in [5, 5.41) is 3.97. The average Bonchev–Trinajstić information content (AvgIpc) is 3.16. The number of amides is 1. The quantitative estimate of drug-likeness (QED) is 0.565. The Balaban J connectivity index is 1.47. The number of piperidine rings is 1. The molecule has 4 rings (SSSR count). The Hall–Kier alpha value is -2.82. The molecule has 0 aliphatic carbocycles. The Labute approximate surface area is 188 Å². The van der Waals surface area contributed by atoms with E-state index in [0.717, 1.165) is 16.8 Å². The first kappa shape index (κ1) is 22.4. The van der Waals surface area contributed by atoms with Gasteiger partial charge in [-0.15, -0.1) is 11.3 Å². The normalized spacial score (nSPS) is 15.6. The van der Waals surface area contributed by atoms with E-state index in [4.69, 9.17) is 4.74 Å². The van der Waals surface area contributed by atoms with E-state index >= 15 is 0 Å². The van der Waals surface area contributed by atoms with E-state index in [-0.39, 0.29) is 23.9 Å². The van der Waals surface area contributed by atoms with E-state index in [2.05, 4.69) is 5.32 Å². The first-order chi connectivity index (χ1) is 15.3. The molecule has 1 aromatic heterocycles. The van der Waals surface area contributed by atoms with Crippen molar-refractivity contribution in [2.24, 2.45) is 5.92 Å². The van der Waals surface area contributed by atoms with Crippen LogP contribution in [0.1, 0.15) is 23.2 Å². The fourth-order valence-corrected chi connectivity index (χ4v) is 6.33. The molecule has 1 aliphatic heterocycles. The van der Waals surface area contributed by atoms with Crippen molar-refractivity contribution in [1.82, 2.24) is 4.31 Å². The highest BCUT2D eigenvalue weighted by atomic mass is 32.2. The minimum absolute atomic E-state index is 0.0230. The predicted octanol–water partition coefficient (Wildman–Crippen LogP) is 3.87. The minimum Gasteiger partial charge on any atom is -0.465 e. The molecule has 1 amide bonds. The molecule has 1 aliphatic rings. The molecule has 0 atom stereocenters. The van der Waals surface area contributed by atoms with Crippen molar-refractivity contribution in [3.63, 3.8) is 0 Å². The monoisotopic (exact) mass is 476 g/mol. The zero-order valence-electron chi connectivity index (χ0n) is 17.2. The van der Waals surface area contributed by atoms with E-state index in [0.29, 0.717) is 28.8 Å².